The van der Waals surface area contributed by atoms with E-state index in [1.807, 2.05) is 0 Å². The molecule has 0 saturated carbocycles. The Morgan fingerprint density at radius 2 is 2.00 bits per heavy atom. The van der Waals surface area contributed by atoms with Crippen LogP contribution >= 0.6 is 35.7 Å². The molecular weight excluding hydrogens is 306 g/mol. The topological polar surface area (TPSA) is 44.8 Å². The predicted octanol–water partition coefficient (Wildman–Crippen LogP) is 4.19. The highest BCUT2D eigenvalue weighted by Gasteiger charge is 2.27. The monoisotopic (exact) mass is 314 g/mol. The SMILES string of the molecule is CCOP(=O)(OBr)Oc1ccc(Cl)cc1. The average Bonchev–Trinajstić information content (AvgIpc) is 2.22. The van der Waals surface area contributed by atoms with E-state index in [0.29, 0.717) is 10.8 Å². The Morgan fingerprint density at radius 3 is 2.47 bits per heavy atom. The first kappa shape index (κ1) is 13.0. The van der Waals surface area contributed by atoms with Crippen LogP contribution in [0, 0.1) is 0 Å². The molecular formula is C8H9BrClO4P. The van der Waals surface area contributed by atoms with Gasteiger partial charge in [-0.05, 0) is 31.2 Å². The van der Waals surface area contributed by atoms with E-state index in [9.17, 15) is 4.57 Å². The minimum Gasteiger partial charge on any atom is -0.403 e. The van der Waals surface area contributed by atoms with Crippen molar-refractivity contribution in [3.8, 4) is 5.75 Å². The van der Waals surface area contributed by atoms with E-state index in [2.05, 4.69) is 19.9 Å². The third kappa shape index (κ3) is 4.13. The number of benzene rings is 1. The summed E-state index contributed by atoms with van der Waals surface area (Å²) in [5, 5.41) is 0.563. The smallest absolute Gasteiger partial charge is 0.403 e. The lowest BCUT2D eigenvalue weighted by Gasteiger charge is -2.13. The number of hydrogen-bond donors (Lipinski definition) is 0. The molecule has 4 nitrogen and oxygen atoms in total. The highest BCUT2D eigenvalue weighted by molar-refractivity contribution is 9.06. The van der Waals surface area contributed by atoms with Crippen molar-refractivity contribution in [2.45, 2.75) is 6.92 Å². The Hall–Kier alpha value is -0.0600. The highest BCUT2D eigenvalue weighted by Crippen LogP contribution is 2.51. The first-order valence-electron chi connectivity index (χ1n) is 4.09. The normalized spacial score (nSPS) is 14.6. The van der Waals surface area contributed by atoms with Crippen molar-refractivity contribution in [1.82, 2.24) is 0 Å². The van der Waals surface area contributed by atoms with Crippen LogP contribution in [-0.2, 0) is 12.7 Å². The van der Waals surface area contributed by atoms with E-state index < -0.39 is 7.82 Å². The Kier molecular flexibility index (Phi) is 5.09. The molecule has 0 aromatic heterocycles. The minimum atomic E-state index is -3.56. The number of hydrogen-bond acceptors (Lipinski definition) is 4. The van der Waals surface area contributed by atoms with Gasteiger partial charge in [-0.25, -0.2) is 4.57 Å². The third-order valence-electron chi connectivity index (χ3n) is 1.40. The van der Waals surface area contributed by atoms with Crippen LogP contribution < -0.4 is 4.52 Å². The Balaban J connectivity index is 2.75. The van der Waals surface area contributed by atoms with E-state index in [-0.39, 0.29) is 6.61 Å². The molecule has 84 valence electrons. The number of phosphoric ester groups is 1. The second-order valence-corrected chi connectivity index (χ2v) is 5.26. The molecule has 1 rings (SSSR count). The van der Waals surface area contributed by atoms with Gasteiger partial charge in [0, 0.05) is 5.02 Å². The predicted molar refractivity (Wildman–Crippen MR) is 61.3 cm³/mol. The van der Waals surface area contributed by atoms with Crippen LogP contribution in [0.25, 0.3) is 0 Å². The van der Waals surface area contributed by atoms with Crippen molar-refractivity contribution in [2.75, 3.05) is 6.61 Å². The fourth-order valence-corrected chi connectivity index (χ4v) is 2.21. The summed E-state index contributed by atoms with van der Waals surface area (Å²) >= 11 is 8.29. The van der Waals surface area contributed by atoms with Crippen LogP contribution in [0.4, 0.5) is 0 Å². The number of rotatable bonds is 5. The summed E-state index contributed by atoms with van der Waals surface area (Å²) in [7, 11) is -3.56. The molecule has 0 saturated heterocycles. The van der Waals surface area contributed by atoms with Gasteiger partial charge < -0.3 is 4.52 Å². The summed E-state index contributed by atoms with van der Waals surface area (Å²) in [4.78, 5) is 0. The third-order valence-corrected chi connectivity index (χ3v) is 3.90. The molecule has 0 aliphatic heterocycles. The van der Waals surface area contributed by atoms with Crippen LogP contribution in [0.15, 0.2) is 24.3 Å². The highest BCUT2D eigenvalue weighted by atomic mass is 79.9. The number of halogens is 2. The van der Waals surface area contributed by atoms with Crippen molar-refractivity contribution >= 4 is 35.7 Å². The lowest BCUT2D eigenvalue weighted by molar-refractivity contribution is 0.232. The van der Waals surface area contributed by atoms with Gasteiger partial charge in [0.1, 0.15) is 22.0 Å². The first-order chi connectivity index (χ1) is 7.09. The lowest BCUT2D eigenvalue weighted by atomic mass is 10.3. The zero-order chi connectivity index (χ0) is 11.3. The largest absolute Gasteiger partial charge is 0.541 e. The van der Waals surface area contributed by atoms with Gasteiger partial charge in [0.25, 0.3) is 0 Å². The summed E-state index contributed by atoms with van der Waals surface area (Å²) in [6, 6.07) is 6.36. The summed E-state index contributed by atoms with van der Waals surface area (Å²) in [6.45, 7) is 1.90. The van der Waals surface area contributed by atoms with E-state index in [0.717, 1.165) is 0 Å². The van der Waals surface area contributed by atoms with Crippen LogP contribution in [0.3, 0.4) is 0 Å². The average molecular weight is 315 g/mol. The second-order valence-electron chi connectivity index (χ2n) is 2.48. The van der Waals surface area contributed by atoms with E-state index in [1.165, 1.54) is 0 Å². The lowest BCUT2D eigenvalue weighted by Crippen LogP contribution is -1.97. The maximum absolute atomic E-state index is 11.7. The molecule has 1 unspecified atom stereocenters. The van der Waals surface area contributed by atoms with Gasteiger partial charge in [0.05, 0.1) is 6.61 Å². The van der Waals surface area contributed by atoms with Crippen molar-refractivity contribution in [3.63, 3.8) is 0 Å². The molecule has 15 heavy (non-hydrogen) atoms. The molecule has 0 aliphatic carbocycles. The van der Waals surface area contributed by atoms with Gasteiger partial charge in [-0.3, -0.25) is 4.52 Å². The first-order valence-corrected chi connectivity index (χ1v) is 6.58. The van der Waals surface area contributed by atoms with Crippen molar-refractivity contribution in [2.24, 2.45) is 0 Å². The van der Waals surface area contributed by atoms with Crippen LogP contribution in [0.2, 0.25) is 5.02 Å². The van der Waals surface area contributed by atoms with Gasteiger partial charge in [0.2, 0.25) is 0 Å². The van der Waals surface area contributed by atoms with E-state index >= 15 is 0 Å². The minimum absolute atomic E-state index is 0.219. The Labute approximate surface area is 102 Å². The standard InChI is InChI=1S/C8H9BrClO4P/c1-2-12-15(11,14-9)13-8-5-3-7(10)4-6-8/h3-6H,2H2,1H3. The summed E-state index contributed by atoms with van der Waals surface area (Å²) in [6.07, 6.45) is 0. The molecule has 0 heterocycles. The van der Waals surface area contributed by atoms with Crippen molar-refractivity contribution in [3.05, 3.63) is 29.3 Å². The fourth-order valence-electron chi connectivity index (χ4n) is 0.843. The molecule has 1 aromatic rings. The second kappa shape index (κ2) is 5.87. The molecule has 7 heteroatoms. The summed E-state index contributed by atoms with van der Waals surface area (Å²) in [5.74, 6) is 0.357. The van der Waals surface area contributed by atoms with E-state index in [4.69, 9.17) is 20.6 Å². The van der Waals surface area contributed by atoms with Crippen LogP contribution in [0.1, 0.15) is 6.92 Å². The van der Waals surface area contributed by atoms with Gasteiger partial charge in [-0.2, -0.15) is 3.62 Å². The molecule has 0 aliphatic rings. The molecule has 0 spiro atoms. The van der Waals surface area contributed by atoms with Crippen LogP contribution in [0.5, 0.6) is 5.75 Å². The fraction of sp³-hybridized carbons (Fsp3) is 0.250. The van der Waals surface area contributed by atoms with E-state index in [1.54, 1.807) is 31.2 Å². The molecule has 0 radical (unpaired) electrons. The van der Waals surface area contributed by atoms with Gasteiger partial charge >= 0.3 is 7.82 Å². The van der Waals surface area contributed by atoms with Gasteiger partial charge in [0.15, 0.2) is 0 Å². The molecule has 1 aromatic carbocycles. The Morgan fingerprint density at radius 1 is 1.40 bits per heavy atom. The summed E-state index contributed by atoms with van der Waals surface area (Å²) < 4.78 is 26.1. The molecule has 0 fully saturated rings. The maximum Gasteiger partial charge on any atom is 0.541 e. The van der Waals surface area contributed by atoms with Crippen molar-refractivity contribution < 1.29 is 17.2 Å². The Bertz CT molecular complexity index is 356. The van der Waals surface area contributed by atoms with Crippen molar-refractivity contribution in [1.29, 1.82) is 0 Å². The summed E-state index contributed by atoms with van der Waals surface area (Å²) in [5.41, 5.74) is 0. The zero-order valence-electron chi connectivity index (χ0n) is 7.85. The quantitative estimate of drug-likeness (QED) is 0.764. The molecule has 0 N–H and O–H groups in total. The van der Waals surface area contributed by atoms with Gasteiger partial charge in [-0.1, -0.05) is 11.6 Å². The van der Waals surface area contributed by atoms with Crippen LogP contribution in [-0.4, -0.2) is 6.61 Å². The number of phosphoric acid groups is 1. The zero-order valence-corrected chi connectivity index (χ0v) is 11.1. The molecule has 0 amide bonds. The maximum atomic E-state index is 11.7. The molecule has 0 bridgehead atoms. The molecule has 1 atom stereocenters. The van der Waals surface area contributed by atoms with Gasteiger partial charge in [-0.15, -0.1) is 0 Å².